The van der Waals surface area contributed by atoms with Crippen molar-refractivity contribution in [1.82, 2.24) is 14.9 Å². The summed E-state index contributed by atoms with van der Waals surface area (Å²) in [6, 6.07) is 11.0. The Kier molecular flexibility index (Phi) is 4.58. The van der Waals surface area contributed by atoms with Crippen LogP contribution in [0.1, 0.15) is 21.7 Å². The molecule has 0 fully saturated rings. The van der Waals surface area contributed by atoms with E-state index in [1.807, 2.05) is 0 Å². The molecule has 136 valence electrons. The second kappa shape index (κ2) is 6.70. The minimum Gasteiger partial charge on any atom is -0.497 e. The number of benzene rings is 2. The molecule has 0 aliphatic rings. The van der Waals surface area contributed by atoms with Crippen molar-refractivity contribution in [2.75, 3.05) is 14.2 Å². The van der Waals surface area contributed by atoms with Crippen LogP contribution in [0.15, 0.2) is 42.5 Å². The molecule has 1 aromatic heterocycles. The zero-order valence-corrected chi connectivity index (χ0v) is 14.1. The number of hydrogen-bond acceptors (Lipinski definition) is 3. The third kappa shape index (κ3) is 3.35. The molecular weight excluding hydrogens is 347 g/mol. The molecule has 0 saturated heterocycles. The third-order valence-electron chi connectivity index (χ3n) is 3.99. The van der Waals surface area contributed by atoms with Gasteiger partial charge in [0.25, 0.3) is 5.91 Å². The fraction of sp³-hybridized carbons (Fsp3) is 0.222. The lowest BCUT2D eigenvalue weighted by Gasteiger charge is -2.12. The molecule has 5 nitrogen and oxygen atoms in total. The molecule has 0 bridgehead atoms. The van der Waals surface area contributed by atoms with Gasteiger partial charge in [0.2, 0.25) is 5.82 Å². The number of nitrogens with zero attached hydrogens (tertiary/aromatic N) is 2. The van der Waals surface area contributed by atoms with E-state index < -0.39 is 12.0 Å². The number of alkyl halides is 3. The topological polar surface area (TPSA) is 56.2 Å². The Bertz CT molecular complexity index is 947. The lowest BCUT2D eigenvalue weighted by Crippen LogP contribution is -2.18. The first-order chi connectivity index (χ1) is 12.3. The number of ether oxygens (including phenoxy) is 1. The Morgan fingerprint density at radius 1 is 1.19 bits per heavy atom. The molecule has 8 heteroatoms. The number of carbonyl (C=O) groups is 1. The van der Waals surface area contributed by atoms with E-state index in [0.29, 0.717) is 22.4 Å². The van der Waals surface area contributed by atoms with E-state index >= 15 is 0 Å². The van der Waals surface area contributed by atoms with Gasteiger partial charge < -0.3 is 14.6 Å². The molecule has 1 amide bonds. The van der Waals surface area contributed by atoms with E-state index in [-0.39, 0.29) is 18.0 Å². The van der Waals surface area contributed by atoms with Crippen LogP contribution in [0.25, 0.3) is 11.0 Å². The van der Waals surface area contributed by atoms with Gasteiger partial charge in [-0.15, -0.1) is 0 Å². The summed E-state index contributed by atoms with van der Waals surface area (Å²) >= 11 is 0. The zero-order valence-electron chi connectivity index (χ0n) is 14.1. The average Bonchev–Trinajstić information content (AvgIpc) is 2.99. The highest BCUT2D eigenvalue weighted by Crippen LogP contribution is 2.33. The maximum atomic E-state index is 13.4. The molecule has 0 saturated carbocycles. The standard InChI is InChI=1S/C18H16F3N3O2/c1-22-16(25)12-5-3-11(4-6-12)10-24-15-8-7-13(26-2)9-14(15)23-17(24)18(19,20)21/h3-9H,10H2,1-2H3,(H,22,25). The van der Waals surface area contributed by atoms with Crippen LogP contribution < -0.4 is 10.1 Å². The van der Waals surface area contributed by atoms with Gasteiger partial charge in [0.05, 0.1) is 18.1 Å². The highest BCUT2D eigenvalue weighted by Gasteiger charge is 2.37. The Labute approximate surface area is 147 Å². The fourth-order valence-electron chi connectivity index (χ4n) is 2.70. The predicted molar refractivity (Wildman–Crippen MR) is 90.2 cm³/mol. The van der Waals surface area contributed by atoms with Crippen molar-refractivity contribution < 1.29 is 22.7 Å². The molecule has 3 rings (SSSR count). The highest BCUT2D eigenvalue weighted by molar-refractivity contribution is 5.93. The van der Waals surface area contributed by atoms with E-state index in [1.165, 1.54) is 20.2 Å². The van der Waals surface area contributed by atoms with Gasteiger partial charge in [0.1, 0.15) is 5.75 Å². The van der Waals surface area contributed by atoms with Gasteiger partial charge in [-0.2, -0.15) is 13.2 Å². The Morgan fingerprint density at radius 3 is 2.46 bits per heavy atom. The summed E-state index contributed by atoms with van der Waals surface area (Å²) in [4.78, 5) is 15.3. The predicted octanol–water partition coefficient (Wildman–Crippen LogP) is 3.47. The Morgan fingerprint density at radius 2 is 1.88 bits per heavy atom. The van der Waals surface area contributed by atoms with E-state index in [1.54, 1.807) is 36.4 Å². The smallest absolute Gasteiger partial charge is 0.449 e. The Hall–Kier alpha value is -3.03. The number of imidazole rings is 1. The monoisotopic (exact) mass is 363 g/mol. The van der Waals surface area contributed by atoms with Crippen molar-refractivity contribution in [2.24, 2.45) is 0 Å². The number of nitrogens with one attached hydrogen (secondary N) is 1. The van der Waals surface area contributed by atoms with Crippen molar-refractivity contribution in [3.8, 4) is 5.75 Å². The number of aromatic nitrogens is 2. The third-order valence-corrected chi connectivity index (χ3v) is 3.99. The number of carbonyl (C=O) groups excluding carboxylic acids is 1. The average molecular weight is 363 g/mol. The van der Waals surface area contributed by atoms with E-state index in [0.717, 1.165) is 4.57 Å². The van der Waals surface area contributed by atoms with Gasteiger partial charge >= 0.3 is 6.18 Å². The highest BCUT2D eigenvalue weighted by atomic mass is 19.4. The van der Waals surface area contributed by atoms with Crippen LogP contribution in [-0.2, 0) is 12.7 Å². The lowest BCUT2D eigenvalue weighted by molar-refractivity contribution is -0.146. The Balaban J connectivity index is 2.04. The molecule has 0 aliphatic carbocycles. The number of methoxy groups -OCH3 is 1. The van der Waals surface area contributed by atoms with Crippen LogP contribution in [0.4, 0.5) is 13.2 Å². The van der Waals surface area contributed by atoms with Gasteiger partial charge in [-0.25, -0.2) is 4.98 Å². The summed E-state index contributed by atoms with van der Waals surface area (Å²) in [5.74, 6) is -0.797. The van der Waals surface area contributed by atoms with Gasteiger partial charge in [-0.1, -0.05) is 12.1 Å². The lowest BCUT2D eigenvalue weighted by atomic mass is 10.1. The number of amides is 1. The minimum absolute atomic E-state index is 0.0221. The molecule has 0 spiro atoms. The molecule has 3 aromatic rings. The van der Waals surface area contributed by atoms with Crippen LogP contribution >= 0.6 is 0 Å². The second-order valence-corrected chi connectivity index (χ2v) is 5.65. The minimum atomic E-state index is -4.59. The van der Waals surface area contributed by atoms with Crippen molar-refractivity contribution in [3.05, 3.63) is 59.4 Å². The SMILES string of the molecule is CNC(=O)c1ccc(Cn2c(C(F)(F)F)nc3cc(OC)ccc32)cc1. The largest absolute Gasteiger partial charge is 0.497 e. The number of rotatable bonds is 4. The summed E-state index contributed by atoms with van der Waals surface area (Å²) in [7, 11) is 2.95. The van der Waals surface area contributed by atoms with Crippen LogP contribution in [0.5, 0.6) is 5.75 Å². The quantitative estimate of drug-likeness (QED) is 0.772. The molecule has 0 unspecified atom stereocenters. The normalized spacial score (nSPS) is 11.6. The molecule has 1 N–H and O–H groups in total. The maximum absolute atomic E-state index is 13.4. The summed E-state index contributed by atoms with van der Waals surface area (Å²) in [6.07, 6.45) is -4.59. The first kappa shape index (κ1) is 17.8. The van der Waals surface area contributed by atoms with Crippen molar-refractivity contribution >= 4 is 16.9 Å². The van der Waals surface area contributed by atoms with Crippen molar-refractivity contribution in [2.45, 2.75) is 12.7 Å². The first-order valence-electron chi connectivity index (χ1n) is 7.76. The number of halogens is 3. The van der Waals surface area contributed by atoms with Crippen LogP contribution in [0.2, 0.25) is 0 Å². The molecular formula is C18H16F3N3O2. The zero-order chi connectivity index (χ0) is 18.9. The van der Waals surface area contributed by atoms with Crippen LogP contribution in [0, 0.1) is 0 Å². The number of fused-ring (bicyclic) bond motifs is 1. The van der Waals surface area contributed by atoms with E-state index in [9.17, 15) is 18.0 Å². The summed E-state index contributed by atoms with van der Waals surface area (Å²) in [5, 5.41) is 2.50. The first-order valence-corrected chi connectivity index (χ1v) is 7.76. The molecule has 2 aromatic carbocycles. The van der Waals surface area contributed by atoms with Gasteiger partial charge in [-0.3, -0.25) is 4.79 Å². The van der Waals surface area contributed by atoms with Crippen LogP contribution in [0.3, 0.4) is 0 Å². The molecule has 0 atom stereocenters. The van der Waals surface area contributed by atoms with Crippen molar-refractivity contribution in [3.63, 3.8) is 0 Å². The van der Waals surface area contributed by atoms with Gasteiger partial charge in [-0.05, 0) is 29.8 Å². The van der Waals surface area contributed by atoms with E-state index in [4.69, 9.17) is 4.74 Å². The second-order valence-electron chi connectivity index (χ2n) is 5.65. The van der Waals surface area contributed by atoms with Crippen molar-refractivity contribution in [1.29, 1.82) is 0 Å². The van der Waals surface area contributed by atoms with Crippen LogP contribution in [-0.4, -0.2) is 29.6 Å². The maximum Gasteiger partial charge on any atom is 0.449 e. The van der Waals surface area contributed by atoms with E-state index in [2.05, 4.69) is 10.3 Å². The van der Waals surface area contributed by atoms with Gasteiger partial charge in [0.15, 0.2) is 0 Å². The summed E-state index contributed by atoms with van der Waals surface area (Å²) in [6.45, 7) is -0.0221. The molecule has 1 heterocycles. The summed E-state index contributed by atoms with van der Waals surface area (Å²) in [5.41, 5.74) is 1.62. The molecule has 0 aliphatic heterocycles. The summed E-state index contributed by atoms with van der Waals surface area (Å²) < 4.78 is 46.4. The fourth-order valence-corrected chi connectivity index (χ4v) is 2.70. The molecule has 26 heavy (non-hydrogen) atoms. The van der Waals surface area contributed by atoms with Gasteiger partial charge in [0, 0.05) is 25.2 Å². The molecule has 0 radical (unpaired) electrons. The number of hydrogen-bond donors (Lipinski definition) is 1.